The summed E-state index contributed by atoms with van der Waals surface area (Å²) in [5.74, 6) is 1.80. The first-order valence-electron chi connectivity index (χ1n) is 17.8. The number of rotatable bonds is 10. The lowest BCUT2D eigenvalue weighted by atomic mass is 9.83. The maximum Gasteiger partial charge on any atom is 0.258 e. The van der Waals surface area contributed by atoms with E-state index in [4.69, 9.17) is 4.74 Å². The molecule has 6 rings (SSSR count). The van der Waals surface area contributed by atoms with E-state index in [-0.39, 0.29) is 51.3 Å². The van der Waals surface area contributed by atoms with Crippen molar-refractivity contribution in [2.75, 3.05) is 29.1 Å². The number of amides is 2. The molecule has 0 radical (unpaired) electrons. The van der Waals surface area contributed by atoms with Crippen LogP contribution in [-0.2, 0) is 28.4 Å². The molecule has 3 aliphatic rings. The zero-order valence-corrected chi connectivity index (χ0v) is 31.1. The number of ether oxygens (including phenoxy) is 1. The molecule has 1 aliphatic carbocycles. The third-order valence-electron chi connectivity index (χ3n) is 10.5. The summed E-state index contributed by atoms with van der Waals surface area (Å²) in [6, 6.07) is 10.2. The van der Waals surface area contributed by atoms with Crippen molar-refractivity contribution in [3.05, 3.63) is 71.4 Å². The lowest BCUT2D eigenvalue weighted by Gasteiger charge is -2.31. The minimum Gasteiger partial charge on any atom is -0.451 e. The van der Waals surface area contributed by atoms with E-state index in [1.165, 1.54) is 30.1 Å². The van der Waals surface area contributed by atoms with Crippen molar-refractivity contribution in [2.24, 2.45) is 17.3 Å². The van der Waals surface area contributed by atoms with Crippen LogP contribution >= 0.6 is 0 Å². The van der Waals surface area contributed by atoms with Crippen molar-refractivity contribution < 1.29 is 22.9 Å². The summed E-state index contributed by atoms with van der Waals surface area (Å²) in [6.07, 6.45) is 7.32. The van der Waals surface area contributed by atoms with Crippen molar-refractivity contribution in [3.8, 4) is 11.5 Å². The molecule has 50 heavy (non-hydrogen) atoms. The van der Waals surface area contributed by atoms with Crippen LogP contribution in [0.5, 0.6) is 11.5 Å². The predicted molar refractivity (Wildman–Crippen MR) is 196 cm³/mol. The molecule has 1 saturated carbocycles. The summed E-state index contributed by atoms with van der Waals surface area (Å²) < 4.78 is 34.1. The maximum atomic E-state index is 14.5. The van der Waals surface area contributed by atoms with Gasteiger partial charge in [-0.05, 0) is 127 Å². The number of aromatic nitrogens is 2. The summed E-state index contributed by atoms with van der Waals surface area (Å²) >= 11 is 0. The summed E-state index contributed by atoms with van der Waals surface area (Å²) in [7, 11) is -0.985. The first-order valence-corrected chi connectivity index (χ1v) is 19.1. The second-order valence-electron chi connectivity index (χ2n) is 16.0. The van der Waals surface area contributed by atoms with Gasteiger partial charge in [0, 0.05) is 52.2 Å². The van der Waals surface area contributed by atoms with Gasteiger partial charge in [0.05, 0.1) is 18.2 Å². The quantitative estimate of drug-likeness (QED) is 0.239. The van der Waals surface area contributed by atoms with Crippen LogP contribution in [0.15, 0.2) is 48.9 Å². The first-order chi connectivity index (χ1) is 23.6. The highest BCUT2D eigenvalue weighted by Crippen LogP contribution is 2.53. The Hall–Kier alpha value is -3.86. The predicted octanol–water partition coefficient (Wildman–Crippen LogP) is 7.17. The van der Waals surface area contributed by atoms with Crippen molar-refractivity contribution in [2.45, 2.75) is 97.4 Å². The van der Waals surface area contributed by atoms with Crippen LogP contribution in [0, 0.1) is 23.1 Å². The Labute approximate surface area is 297 Å². The molecule has 4 unspecified atom stereocenters. The zero-order valence-electron chi connectivity index (χ0n) is 30.3. The normalized spacial score (nSPS) is 22.4. The van der Waals surface area contributed by atoms with Gasteiger partial charge in [0.2, 0.25) is 5.91 Å². The second kappa shape index (κ2) is 14.0. The van der Waals surface area contributed by atoms with Crippen molar-refractivity contribution in [1.29, 1.82) is 0 Å². The van der Waals surface area contributed by atoms with Crippen molar-refractivity contribution in [1.82, 2.24) is 14.9 Å². The molecular formula is C39H50FN5O4S. The van der Waals surface area contributed by atoms with E-state index in [0.717, 1.165) is 50.0 Å². The Morgan fingerprint density at radius 1 is 1.10 bits per heavy atom. The molecule has 9 nitrogen and oxygen atoms in total. The topological polar surface area (TPSA) is 105 Å². The van der Waals surface area contributed by atoms with Gasteiger partial charge in [-0.15, -0.1) is 0 Å². The van der Waals surface area contributed by atoms with E-state index in [1.54, 1.807) is 11.1 Å². The van der Waals surface area contributed by atoms with Gasteiger partial charge in [0.25, 0.3) is 5.91 Å². The maximum absolute atomic E-state index is 14.5. The Bertz CT molecular complexity index is 1780. The van der Waals surface area contributed by atoms with E-state index in [0.29, 0.717) is 29.7 Å². The second-order valence-corrected chi connectivity index (χ2v) is 18.2. The van der Waals surface area contributed by atoms with Crippen LogP contribution in [-0.4, -0.2) is 66.6 Å². The summed E-state index contributed by atoms with van der Waals surface area (Å²) in [6.45, 7) is 15.4. The van der Waals surface area contributed by atoms with Crippen LogP contribution in [0.25, 0.3) is 0 Å². The molecule has 0 bridgehead atoms. The fourth-order valence-electron chi connectivity index (χ4n) is 8.25. The largest absolute Gasteiger partial charge is 0.451 e. The highest BCUT2D eigenvalue weighted by molar-refractivity contribution is 7.86. The lowest BCUT2D eigenvalue weighted by molar-refractivity contribution is -0.115. The van der Waals surface area contributed by atoms with Gasteiger partial charge in [-0.2, -0.15) is 0 Å². The van der Waals surface area contributed by atoms with Crippen LogP contribution in [0.3, 0.4) is 0 Å². The Morgan fingerprint density at radius 3 is 2.56 bits per heavy atom. The molecule has 3 aromatic rings. The molecule has 4 atom stereocenters. The smallest absolute Gasteiger partial charge is 0.258 e. The van der Waals surface area contributed by atoms with Gasteiger partial charge in [-0.25, -0.2) is 14.4 Å². The van der Waals surface area contributed by atoms with E-state index < -0.39 is 16.6 Å². The van der Waals surface area contributed by atoms with Crippen molar-refractivity contribution >= 4 is 34.1 Å². The SMILES string of the molecule is CC(C)N(C(=O)c1cc(F)ccc1Oc1cncnc1N1CCC2(CC(Cc3ccc4c(c3)NC(=O)C4)C(CS(=O)C(C)(C)C)C2)C1)C(C)C. The van der Waals surface area contributed by atoms with Crippen LogP contribution in [0.4, 0.5) is 15.9 Å². The fourth-order valence-corrected chi connectivity index (χ4v) is 9.53. The third kappa shape index (κ3) is 7.57. The molecule has 3 heterocycles. The van der Waals surface area contributed by atoms with Crippen molar-refractivity contribution in [3.63, 3.8) is 0 Å². The molecule has 2 fully saturated rings. The highest BCUT2D eigenvalue weighted by Gasteiger charge is 2.50. The number of benzene rings is 2. The molecule has 1 aromatic heterocycles. The lowest BCUT2D eigenvalue weighted by Crippen LogP contribution is -2.42. The molecule has 2 amide bonds. The van der Waals surface area contributed by atoms with Crippen LogP contribution in [0.1, 0.15) is 89.2 Å². The molecule has 2 aromatic carbocycles. The monoisotopic (exact) mass is 703 g/mol. The molecule has 11 heteroatoms. The summed E-state index contributed by atoms with van der Waals surface area (Å²) in [5, 5.41) is 2.99. The number of fused-ring (bicyclic) bond motifs is 1. The molecule has 1 spiro atoms. The highest BCUT2D eigenvalue weighted by atomic mass is 32.2. The number of hydrogen-bond acceptors (Lipinski definition) is 7. The number of nitrogens with zero attached hydrogens (tertiary/aromatic N) is 4. The first kappa shape index (κ1) is 35.9. The van der Waals surface area contributed by atoms with E-state index in [9.17, 15) is 18.2 Å². The standard InChI is InChI=1S/C39H50FN5O4S/c1-24(2)45(25(3)4)37(47)31-17-30(40)10-11-33(31)49-34-20-41-23-42-36(34)44-13-12-39(22-44)18-28(29(19-39)21-50(48)38(5,6)7)14-26-8-9-27-16-35(46)43-32(27)15-26/h8-11,15,17,20,23-25,28-29H,12-14,16,18-19,21-22H2,1-7H3,(H,43,46). The van der Waals surface area contributed by atoms with Gasteiger partial charge >= 0.3 is 0 Å². The van der Waals surface area contributed by atoms with Crippen LogP contribution in [0.2, 0.25) is 0 Å². The molecule has 1 saturated heterocycles. The number of nitrogens with one attached hydrogen (secondary N) is 1. The Balaban J connectivity index is 1.24. The Morgan fingerprint density at radius 2 is 1.84 bits per heavy atom. The number of carbonyl (C=O) groups excluding carboxylic acids is 2. The van der Waals surface area contributed by atoms with Crippen LogP contribution < -0.4 is 15.0 Å². The van der Waals surface area contributed by atoms with E-state index in [2.05, 4.69) is 38.4 Å². The minimum absolute atomic E-state index is 0.0105. The molecule has 1 N–H and O–H groups in total. The van der Waals surface area contributed by atoms with Gasteiger partial charge in [-0.1, -0.05) is 12.1 Å². The van der Waals surface area contributed by atoms with E-state index in [1.807, 2.05) is 48.5 Å². The number of hydrogen-bond donors (Lipinski definition) is 1. The Kier molecular flexibility index (Phi) is 10.1. The molecule has 268 valence electrons. The third-order valence-corrected chi connectivity index (χ3v) is 12.6. The van der Waals surface area contributed by atoms with Gasteiger partial charge < -0.3 is 19.9 Å². The van der Waals surface area contributed by atoms with E-state index >= 15 is 0 Å². The minimum atomic E-state index is -0.985. The van der Waals surface area contributed by atoms with Gasteiger partial charge in [-0.3, -0.25) is 13.8 Å². The summed E-state index contributed by atoms with van der Waals surface area (Å²) in [4.78, 5) is 38.6. The average molecular weight is 704 g/mol. The number of carbonyl (C=O) groups is 2. The number of anilines is 2. The fraction of sp³-hybridized carbons (Fsp3) is 0.538. The van der Waals surface area contributed by atoms with Gasteiger partial charge in [0.15, 0.2) is 11.6 Å². The number of halogens is 1. The van der Waals surface area contributed by atoms with Gasteiger partial charge in [0.1, 0.15) is 17.9 Å². The average Bonchev–Trinajstić information content (AvgIpc) is 3.72. The summed E-state index contributed by atoms with van der Waals surface area (Å²) in [5.41, 5.74) is 3.30. The molecular weight excluding hydrogens is 654 g/mol. The molecule has 2 aliphatic heterocycles. The zero-order chi connectivity index (χ0) is 36.0.